The second kappa shape index (κ2) is 11.4. The number of hydrogen-bond donors (Lipinski definition) is 0. The SMILES string of the molecule is CN1C(c2ccccc2)=CC(C2(C)C=CC3=C(C2)c2ccc(-n4c5ccccc5c5ccccc54)cc2COC3)=CC1c1ccccc1. The van der Waals surface area contributed by atoms with E-state index in [2.05, 4.69) is 175 Å². The summed E-state index contributed by atoms with van der Waals surface area (Å²) in [5.74, 6) is 0. The van der Waals surface area contributed by atoms with Crippen molar-refractivity contribution < 1.29 is 4.74 Å². The molecule has 6 aromatic rings. The molecule has 9 rings (SSSR count). The predicted octanol–water partition coefficient (Wildman–Crippen LogP) is 10.7. The van der Waals surface area contributed by atoms with E-state index in [0.29, 0.717) is 13.2 Å². The summed E-state index contributed by atoms with van der Waals surface area (Å²) >= 11 is 0. The van der Waals surface area contributed by atoms with Crippen LogP contribution >= 0.6 is 0 Å². The van der Waals surface area contributed by atoms with E-state index in [4.69, 9.17) is 4.74 Å². The Morgan fingerprint density at radius 2 is 1.40 bits per heavy atom. The molecule has 5 aromatic carbocycles. The molecule has 0 amide bonds. The molecule has 1 aliphatic carbocycles. The van der Waals surface area contributed by atoms with Gasteiger partial charge < -0.3 is 14.2 Å². The molecule has 2 unspecified atom stereocenters. The summed E-state index contributed by atoms with van der Waals surface area (Å²) in [7, 11) is 2.22. The van der Waals surface area contributed by atoms with Crippen molar-refractivity contribution in [1.29, 1.82) is 0 Å². The van der Waals surface area contributed by atoms with Gasteiger partial charge in [-0.05, 0) is 75.7 Å². The first-order chi connectivity index (χ1) is 23.6. The molecule has 0 saturated carbocycles. The number of para-hydroxylation sites is 2. The van der Waals surface area contributed by atoms with Crippen LogP contribution < -0.4 is 0 Å². The van der Waals surface area contributed by atoms with Crippen molar-refractivity contribution in [3.05, 3.63) is 185 Å². The average Bonchev–Trinajstić information content (AvgIpc) is 3.36. The van der Waals surface area contributed by atoms with Crippen LogP contribution in [0.3, 0.4) is 0 Å². The highest BCUT2D eigenvalue weighted by atomic mass is 16.5. The fourth-order valence-corrected chi connectivity index (χ4v) is 8.08. The number of aromatic nitrogens is 1. The van der Waals surface area contributed by atoms with Gasteiger partial charge in [0.05, 0.1) is 30.3 Å². The summed E-state index contributed by atoms with van der Waals surface area (Å²) in [6.07, 6.45) is 10.6. The summed E-state index contributed by atoms with van der Waals surface area (Å²) in [6, 6.07) is 46.3. The van der Waals surface area contributed by atoms with Crippen molar-refractivity contribution in [2.75, 3.05) is 13.7 Å². The van der Waals surface area contributed by atoms with E-state index in [9.17, 15) is 0 Å². The minimum Gasteiger partial charge on any atom is -0.372 e. The molecule has 0 bridgehead atoms. The average molecular weight is 623 g/mol. The number of rotatable bonds is 4. The topological polar surface area (TPSA) is 17.4 Å². The van der Waals surface area contributed by atoms with E-state index in [0.717, 1.165) is 6.42 Å². The van der Waals surface area contributed by atoms with Gasteiger partial charge in [-0.2, -0.15) is 0 Å². The molecule has 2 aliphatic heterocycles. The Bertz CT molecular complexity index is 2270. The first-order valence-corrected chi connectivity index (χ1v) is 17.0. The molecule has 3 heterocycles. The lowest BCUT2D eigenvalue weighted by Gasteiger charge is -2.40. The van der Waals surface area contributed by atoms with Crippen molar-refractivity contribution in [3.63, 3.8) is 0 Å². The minimum absolute atomic E-state index is 0.139. The Labute approximate surface area is 282 Å². The monoisotopic (exact) mass is 622 g/mol. The molecule has 0 fully saturated rings. The molecule has 1 aromatic heterocycles. The van der Waals surface area contributed by atoms with E-state index in [1.807, 2.05) is 0 Å². The zero-order chi connectivity index (χ0) is 32.2. The summed E-state index contributed by atoms with van der Waals surface area (Å²) in [4.78, 5) is 2.42. The molecule has 0 saturated heterocycles. The molecule has 3 aliphatic rings. The second-order valence-electron chi connectivity index (χ2n) is 13.6. The van der Waals surface area contributed by atoms with Gasteiger partial charge in [0, 0.05) is 34.6 Å². The maximum absolute atomic E-state index is 6.36. The van der Waals surface area contributed by atoms with Crippen LogP contribution in [0.1, 0.15) is 41.6 Å². The van der Waals surface area contributed by atoms with Gasteiger partial charge in [0.1, 0.15) is 0 Å². The largest absolute Gasteiger partial charge is 0.372 e. The van der Waals surface area contributed by atoms with Crippen LogP contribution in [0.4, 0.5) is 0 Å². The first kappa shape index (κ1) is 28.8. The summed E-state index contributed by atoms with van der Waals surface area (Å²) in [5, 5.41) is 2.56. The Morgan fingerprint density at radius 1 is 0.729 bits per heavy atom. The van der Waals surface area contributed by atoms with Crippen LogP contribution in [0.15, 0.2) is 163 Å². The molecule has 3 heteroatoms. The highest BCUT2D eigenvalue weighted by Crippen LogP contribution is 2.49. The zero-order valence-electron chi connectivity index (χ0n) is 27.4. The Kier molecular flexibility index (Phi) is 6.84. The summed E-state index contributed by atoms with van der Waals surface area (Å²) in [6.45, 7) is 3.63. The highest BCUT2D eigenvalue weighted by molar-refractivity contribution is 6.09. The second-order valence-corrected chi connectivity index (χ2v) is 13.6. The summed E-state index contributed by atoms with van der Waals surface area (Å²) in [5.41, 5.74) is 13.8. The lowest BCUT2D eigenvalue weighted by Crippen LogP contribution is -2.29. The van der Waals surface area contributed by atoms with Crippen molar-refractivity contribution in [1.82, 2.24) is 9.47 Å². The van der Waals surface area contributed by atoms with Crippen LogP contribution in [-0.4, -0.2) is 23.1 Å². The third-order valence-corrected chi connectivity index (χ3v) is 10.6. The van der Waals surface area contributed by atoms with Gasteiger partial charge in [0.15, 0.2) is 0 Å². The van der Waals surface area contributed by atoms with Crippen LogP contribution in [0.25, 0.3) is 38.8 Å². The molecule has 3 nitrogen and oxygen atoms in total. The quantitative estimate of drug-likeness (QED) is 0.195. The van der Waals surface area contributed by atoms with E-state index in [1.54, 1.807) is 0 Å². The van der Waals surface area contributed by atoms with E-state index in [-0.39, 0.29) is 11.5 Å². The van der Waals surface area contributed by atoms with Crippen LogP contribution in [0, 0.1) is 5.41 Å². The van der Waals surface area contributed by atoms with E-state index >= 15 is 0 Å². The number of nitrogens with zero attached hydrogens (tertiary/aromatic N) is 2. The third kappa shape index (κ3) is 4.69. The number of ether oxygens (including phenoxy) is 1. The number of allylic oxidation sites excluding steroid dienone is 4. The van der Waals surface area contributed by atoms with Crippen molar-refractivity contribution in [2.24, 2.45) is 5.41 Å². The highest BCUT2D eigenvalue weighted by Gasteiger charge is 2.36. The number of hydrogen-bond acceptors (Lipinski definition) is 2. The van der Waals surface area contributed by atoms with E-state index < -0.39 is 0 Å². The van der Waals surface area contributed by atoms with Gasteiger partial charge in [-0.3, -0.25) is 0 Å². The molecule has 0 spiro atoms. The molecule has 0 N–H and O–H groups in total. The lowest BCUT2D eigenvalue weighted by atomic mass is 9.69. The summed E-state index contributed by atoms with van der Waals surface area (Å²) < 4.78 is 8.77. The van der Waals surface area contributed by atoms with Crippen LogP contribution in [0.5, 0.6) is 0 Å². The van der Waals surface area contributed by atoms with Gasteiger partial charge in [-0.1, -0.05) is 128 Å². The molecule has 48 heavy (non-hydrogen) atoms. The van der Waals surface area contributed by atoms with Crippen molar-refractivity contribution >= 4 is 33.1 Å². The van der Waals surface area contributed by atoms with Crippen molar-refractivity contribution in [2.45, 2.75) is 26.0 Å². The molecular formula is C45H38N2O. The van der Waals surface area contributed by atoms with Crippen LogP contribution in [0.2, 0.25) is 0 Å². The van der Waals surface area contributed by atoms with E-state index in [1.165, 1.54) is 72.2 Å². The standard InChI is InChI=1S/C45H38N2O/c1-45(35-26-43(31-13-5-3-6-14-31)46(2)44(27-35)32-15-7-4-8-16-32)24-23-33-29-48-30-34-25-36(21-22-37(34)40(33)28-45)47-41-19-11-9-17-38(41)39-18-10-12-20-42(39)47/h3-27,43H,28-30H2,1-2H3. The maximum atomic E-state index is 6.36. The number of fused-ring (bicyclic) bond motifs is 5. The molecule has 2 atom stereocenters. The molecule has 0 radical (unpaired) electrons. The Morgan fingerprint density at radius 3 is 2.12 bits per heavy atom. The fraction of sp³-hybridized carbons (Fsp3) is 0.156. The van der Waals surface area contributed by atoms with Gasteiger partial charge in [0.2, 0.25) is 0 Å². The predicted molar refractivity (Wildman–Crippen MR) is 199 cm³/mol. The molecule has 234 valence electrons. The van der Waals surface area contributed by atoms with Gasteiger partial charge in [-0.25, -0.2) is 0 Å². The lowest BCUT2D eigenvalue weighted by molar-refractivity contribution is 0.146. The maximum Gasteiger partial charge on any atom is 0.0729 e. The molecular weight excluding hydrogens is 585 g/mol. The number of benzene rings is 5. The third-order valence-electron chi connectivity index (χ3n) is 10.6. The Balaban J connectivity index is 1.13. The van der Waals surface area contributed by atoms with Gasteiger partial charge in [-0.15, -0.1) is 0 Å². The fourth-order valence-electron chi connectivity index (χ4n) is 8.08. The number of likely N-dealkylation sites (N-methyl/N-ethyl adjacent to an activating group) is 1. The normalized spacial score (nSPS) is 20.7. The van der Waals surface area contributed by atoms with Crippen LogP contribution in [-0.2, 0) is 11.3 Å². The zero-order valence-corrected chi connectivity index (χ0v) is 27.4. The minimum atomic E-state index is -0.180. The van der Waals surface area contributed by atoms with Crippen molar-refractivity contribution in [3.8, 4) is 5.69 Å². The van der Waals surface area contributed by atoms with Gasteiger partial charge >= 0.3 is 0 Å². The van der Waals surface area contributed by atoms with Gasteiger partial charge in [0.25, 0.3) is 0 Å². The first-order valence-electron chi connectivity index (χ1n) is 17.0. The smallest absolute Gasteiger partial charge is 0.0729 e. The Hall–Kier alpha value is -5.38.